The van der Waals surface area contributed by atoms with Gasteiger partial charge in [-0.15, -0.1) is 0 Å². The number of hydrogen-bond acceptors (Lipinski definition) is 1. The van der Waals surface area contributed by atoms with E-state index < -0.39 is 0 Å². The molecule has 3 heteroatoms. The number of rotatable bonds is 5. The molecule has 0 atom stereocenters. The lowest BCUT2D eigenvalue weighted by atomic mass is 9.92. The molecule has 23 heavy (non-hydrogen) atoms. The average molecular weight is 317 g/mol. The molecule has 0 saturated carbocycles. The summed E-state index contributed by atoms with van der Waals surface area (Å²) >= 11 is 0. The van der Waals surface area contributed by atoms with E-state index in [1.807, 2.05) is 0 Å². The summed E-state index contributed by atoms with van der Waals surface area (Å²) < 4.78 is 0. The maximum absolute atomic E-state index is 12.6. The van der Waals surface area contributed by atoms with Gasteiger partial charge < -0.3 is 10.2 Å². The number of piperidine rings is 1. The van der Waals surface area contributed by atoms with Crippen LogP contribution in [0.1, 0.15) is 70.4 Å². The lowest BCUT2D eigenvalue weighted by Crippen LogP contribution is -3.14. The first-order chi connectivity index (χ1) is 10.9. The van der Waals surface area contributed by atoms with Crippen LogP contribution < -0.4 is 10.2 Å². The fourth-order valence-electron chi connectivity index (χ4n) is 3.45. The van der Waals surface area contributed by atoms with E-state index in [9.17, 15) is 4.79 Å². The molecule has 1 aromatic carbocycles. The zero-order valence-corrected chi connectivity index (χ0v) is 15.4. The number of quaternary nitrogens is 1. The highest BCUT2D eigenvalue weighted by Gasteiger charge is 2.23. The topological polar surface area (TPSA) is 33.5 Å². The first-order valence-corrected chi connectivity index (χ1v) is 9.14. The van der Waals surface area contributed by atoms with Gasteiger partial charge in [0.1, 0.15) is 0 Å². The molecule has 1 aliphatic heterocycles. The van der Waals surface area contributed by atoms with Gasteiger partial charge in [-0.2, -0.15) is 0 Å². The van der Waals surface area contributed by atoms with Gasteiger partial charge in [0.05, 0.1) is 13.1 Å². The normalized spacial score (nSPS) is 21.7. The Balaban J connectivity index is 2.10. The van der Waals surface area contributed by atoms with Crippen molar-refractivity contribution in [2.24, 2.45) is 5.92 Å². The first kappa shape index (κ1) is 18.0. The Kier molecular flexibility index (Phi) is 6.23. The van der Waals surface area contributed by atoms with Crippen LogP contribution in [-0.4, -0.2) is 25.5 Å². The fraction of sp³-hybridized carbons (Fsp3) is 0.650. The zero-order valence-electron chi connectivity index (χ0n) is 15.4. The van der Waals surface area contributed by atoms with Crippen LogP contribution in [0.15, 0.2) is 18.2 Å². The number of benzene rings is 1. The van der Waals surface area contributed by atoms with Gasteiger partial charge in [0.15, 0.2) is 6.54 Å². The van der Waals surface area contributed by atoms with Gasteiger partial charge in [0.2, 0.25) is 0 Å². The van der Waals surface area contributed by atoms with Gasteiger partial charge in [-0.05, 0) is 41.7 Å². The second kappa shape index (κ2) is 7.96. The van der Waals surface area contributed by atoms with Gasteiger partial charge in [-0.25, -0.2) is 0 Å². The molecule has 1 fully saturated rings. The number of hydrogen-bond donors (Lipinski definition) is 2. The van der Waals surface area contributed by atoms with Crippen molar-refractivity contribution in [1.82, 2.24) is 0 Å². The van der Waals surface area contributed by atoms with Crippen LogP contribution in [0.4, 0.5) is 5.69 Å². The number of para-hydroxylation sites is 1. The van der Waals surface area contributed by atoms with Crippen LogP contribution in [0.5, 0.6) is 0 Å². The number of nitrogens with one attached hydrogen (secondary N) is 2. The molecule has 0 bridgehead atoms. The second-order valence-electron chi connectivity index (χ2n) is 7.78. The highest BCUT2D eigenvalue weighted by Crippen LogP contribution is 2.32. The van der Waals surface area contributed by atoms with Crippen LogP contribution >= 0.6 is 0 Å². The number of likely N-dealkylation sites (tertiary alicyclic amines) is 1. The highest BCUT2D eigenvalue weighted by molar-refractivity contribution is 5.93. The van der Waals surface area contributed by atoms with Crippen molar-refractivity contribution < 1.29 is 9.69 Å². The minimum Gasteiger partial charge on any atom is -0.327 e. The molecule has 0 aromatic heterocycles. The Morgan fingerprint density at radius 1 is 1.13 bits per heavy atom. The van der Waals surface area contributed by atoms with E-state index in [4.69, 9.17) is 0 Å². The van der Waals surface area contributed by atoms with Crippen molar-refractivity contribution in [3.05, 3.63) is 29.3 Å². The third-order valence-electron chi connectivity index (χ3n) is 5.03. The van der Waals surface area contributed by atoms with Crippen LogP contribution in [0, 0.1) is 5.92 Å². The summed E-state index contributed by atoms with van der Waals surface area (Å²) in [5.41, 5.74) is 3.53. The third kappa shape index (κ3) is 4.81. The molecule has 1 aliphatic rings. The average Bonchev–Trinajstić information content (AvgIpc) is 2.49. The minimum atomic E-state index is 0.157. The summed E-state index contributed by atoms with van der Waals surface area (Å²) in [4.78, 5) is 14.0. The minimum absolute atomic E-state index is 0.157. The van der Waals surface area contributed by atoms with E-state index in [1.165, 1.54) is 28.9 Å². The van der Waals surface area contributed by atoms with Gasteiger partial charge in [0, 0.05) is 5.69 Å². The fourth-order valence-corrected chi connectivity index (χ4v) is 3.45. The van der Waals surface area contributed by atoms with Gasteiger partial charge >= 0.3 is 0 Å². The molecule has 0 unspecified atom stereocenters. The molecule has 1 saturated heterocycles. The van der Waals surface area contributed by atoms with E-state index in [0.717, 1.165) is 24.7 Å². The Hall–Kier alpha value is -1.35. The Bertz CT molecular complexity index is 502. The van der Waals surface area contributed by atoms with E-state index in [-0.39, 0.29) is 5.91 Å². The zero-order chi connectivity index (χ0) is 17.0. The van der Waals surface area contributed by atoms with Gasteiger partial charge in [0.25, 0.3) is 5.91 Å². The molecular weight excluding hydrogens is 284 g/mol. The second-order valence-corrected chi connectivity index (χ2v) is 7.78. The number of amides is 1. The van der Waals surface area contributed by atoms with E-state index in [2.05, 4.69) is 58.1 Å². The molecule has 2 N–H and O–H groups in total. The lowest BCUT2D eigenvalue weighted by molar-refractivity contribution is -0.897. The van der Waals surface area contributed by atoms with E-state index in [0.29, 0.717) is 18.4 Å². The van der Waals surface area contributed by atoms with Crippen molar-refractivity contribution >= 4 is 11.6 Å². The molecule has 3 nitrogen and oxygen atoms in total. The smallest absolute Gasteiger partial charge is 0.279 e. The highest BCUT2D eigenvalue weighted by atomic mass is 16.2. The quantitative estimate of drug-likeness (QED) is 0.859. The number of carbonyl (C=O) groups is 1. The van der Waals surface area contributed by atoms with Crippen molar-refractivity contribution in [3.8, 4) is 0 Å². The molecule has 0 radical (unpaired) electrons. The summed E-state index contributed by atoms with van der Waals surface area (Å²) in [5.74, 6) is 1.79. The number of anilines is 1. The molecular formula is C20H33N2O+. The molecule has 1 heterocycles. The van der Waals surface area contributed by atoms with Crippen molar-refractivity contribution in [2.45, 2.75) is 59.3 Å². The van der Waals surface area contributed by atoms with Crippen molar-refractivity contribution in [2.75, 3.05) is 25.0 Å². The molecule has 1 amide bonds. The summed E-state index contributed by atoms with van der Waals surface area (Å²) in [6, 6.07) is 6.39. The molecule has 128 valence electrons. The Morgan fingerprint density at radius 3 is 2.13 bits per heavy atom. The molecule has 0 aliphatic carbocycles. The van der Waals surface area contributed by atoms with E-state index >= 15 is 0 Å². The Labute approximate surface area is 141 Å². The van der Waals surface area contributed by atoms with Crippen LogP contribution in [-0.2, 0) is 4.79 Å². The van der Waals surface area contributed by atoms with Gasteiger partial charge in [-0.1, -0.05) is 52.8 Å². The lowest BCUT2D eigenvalue weighted by Gasteiger charge is -2.27. The van der Waals surface area contributed by atoms with Crippen LogP contribution in [0.2, 0.25) is 0 Å². The van der Waals surface area contributed by atoms with Crippen LogP contribution in [0.3, 0.4) is 0 Å². The largest absolute Gasteiger partial charge is 0.327 e. The Morgan fingerprint density at radius 2 is 1.65 bits per heavy atom. The molecule has 2 rings (SSSR count). The maximum atomic E-state index is 12.6. The summed E-state index contributed by atoms with van der Waals surface area (Å²) in [7, 11) is 0. The maximum Gasteiger partial charge on any atom is 0.279 e. The predicted molar refractivity (Wildman–Crippen MR) is 97.2 cm³/mol. The standard InChI is InChI=1S/C20H32N2O/c1-14(2)17-7-6-8-18(15(3)4)20(17)21-19(23)13-22-11-9-16(5)10-12-22/h6-8,14-16H,9-13H2,1-5H3,(H,21,23)/p+1. The summed E-state index contributed by atoms with van der Waals surface area (Å²) in [6.45, 7) is 13.9. The third-order valence-corrected chi connectivity index (χ3v) is 5.03. The van der Waals surface area contributed by atoms with E-state index in [1.54, 1.807) is 0 Å². The van der Waals surface area contributed by atoms with Gasteiger partial charge in [-0.3, -0.25) is 4.79 Å². The molecule has 0 spiro atoms. The SMILES string of the molecule is CC1CC[NH+](CC(=O)Nc2c(C(C)C)cccc2C(C)C)CC1. The van der Waals surface area contributed by atoms with Crippen LogP contribution in [0.25, 0.3) is 0 Å². The summed E-state index contributed by atoms with van der Waals surface area (Å²) in [6.07, 6.45) is 2.48. The number of carbonyl (C=O) groups excluding carboxylic acids is 1. The first-order valence-electron chi connectivity index (χ1n) is 9.14. The summed E-state index contributed by atoms with van der Waals surface area (Å²) in [5, 5.41) is 3.24. The monoisotopic (exact) mass is 317 g/mol. The molecule has 1 aromatic rings. The van der Waals surface area contributed by atoms with Crippen molar-refractivity contribution in [1.29, 1.82) is 0 Å². The predicted octanol–water partition coefficient (Wildman–Crippen LogP) is 3.19. The van der Waals surface area contributed by atoms with Crippen molar-refractivity contribution in [3.63, 3.8) is 0 Å².